The van der Waals surface area contributed by atoms with E-state index < -0.39 is 0 Å². The Morgan fingerprint density at radius 1 is 1.23 bits per heavy atom. The van der Waals surface area contributed by atoms with Gasteiger partial charge in [-0.2, -0.15) is 0 Å². The van der Waals surface area contributed by atoms with Gasteiger partial charge in [0.15, 0.2) is 0 Å². The van der Waals surface area contributed by atoms with E-state index in [1.54, 1.807) is 6.07 Å². The molecule has 0 spiro atoms. The zero-order chi connectivity index (χ0) is 10.1. The van der Waals surface area contributed by atoms with Crippen molar-refractivity contribution in [2.75, 3.05) is 0 Å². The van der Waals surface area contributed by atoms with Crippen molar-refractivity contribution in [1.29, 1.82) is 0 Å². The molecule has 0 nitrogen and oxygen atoms in total. The average molecular weight is 213 g/mol. The Morgan fingerprint density at radius 2 is 1.85 bits per heavy atom. The van der Waals surface area contributed by atoms with Crippen LogP contribution in [0.5, 0.6) is 0 Å². The van der Waals surface area contributed by atoms with Gasteiger partial charge in [-0.25, -0.2) is 0 Å². The summed E-state index contributed by atoms with van der Waals surface area (Å²) in [4.78, 5) is 0. The van der Waals surface area contributed by atoms with E-state index >= 15 is 0 Å². The Balaban J connectivity index is 3.20. The molecule has 0 aromatic heterocycles. The van der Waals surface area contributed by atoms with Gasteiger partial charge in [0.1, 0.15) is 0 Å². The number of halogens is 2. The molecule has 0 saturated carbocycles. The Hall–Kier alpha value is -0.640. The van der Waals surface area contributed by atoms with Gasteiger partial charge in [-0.15, -0.1) is 6.42 Å². The monoisotopic (exact) mass is 212 g/mol. The van der Waals surface area contributed by atoms with Gasteiger partial charge in [0.05, 0.1) is 15.5 Å². The summed E-state index contributed by atoms with van der Waals surface area (Å²) in [6.07, 6.45) is 5.40. The van der Waals surface area contributed by atoms with Crippen LogP contribution < -0.4 is 0 Å². The summed E-state index contributed by atoms with van der Waals surface area (Å²) >= 11 is 11.7. The molecule has 0 aliphatic carbocycles. The van der Waals surface area contributed by atoms with E-state index in [1.807, 2.05) is 26.0 Å². The van der Waals surface area contributed by atoms with Crippen LogP contribution in [-0.4, -0.2) is 0 Å². The quantitative estimate of drug-likeness (QED) is 0.620. The summed E-state index contributed by atoms with van der Waals surface area (Å²) < 4.78 is 0. The number of terminal acetylenes is 1. The van der Waals surface area contributed by atoms with Gasteiger partial charge >= 0.3 is 0 Å². The van der Waals surface area contributed by atoms with Gasteiger partial charge in [-0.3, -0.25) is 0 Å². The van der Waals surface area contributed by atoms with Crippen molar-refractivity contribution < 1.29 is 0 Å². The number of hydrogen-bond donors (Lipinski definition) is 0. The molecule has 0 heterocycles. The largest absolute Gasteiger partial charge is 0.119 e. The average Bonchev–Trinajstić information content (AvgIpc) is 2.09. The summed E-state index contributed by atoms with van der Waals surface area (Å²) in [6.45, 7) is 3.93. The topological polar surface area (TPSA) is 0 Å². The lowest BCUT2D eigenvalue weighted by atomic mass is 9.86. The third kappa shape index (κ3) is 2.18. The maximum atomic E-state index is 5.88. The summed E-state index contributed by atoms with van der Waals surface area (Å²) in [5, 5.41) is 1.10. The van der Waals surface area contributed by atoms with Gasteiger partial charge in [0.25, 0.3) is 0 Å². The lowest BCUT2D eigenvalue weighted by molar-refractivity contribution is 0.699. The third-order valence-corrected chi connectivity index (χ3v) is 2.74. The molecule has 1 aromatic rings. The minimum absolute atomic E-state index is 0.297. The van der Waals surface area contributed by atoms with Crippen molar-refractivity contribution in [3.05, 3.63) is 33.8 Å². The molecule has 68 valence electrons. The maximum absolute atomic E-state index is 5.88. The van der Waals surface area contributed by atoms with Crippen LogP contribution in [0, 0.1) is 12.3 Å². The Kier molecular flexibility index (Phi) is 2.91. The molecule has 0 radical (unpaired) electrons. The van der Waals surface area contributed by atoms with E-state index in [4.69, 9.17) is 29.6 Å². The highest BCUT2D eigenvalue weighted by Crippen LogP contribution is 2.29. The van der Waals surface area contributed by atoms with E-state index in [1.165, 1.54) is 0 Å². The van der Waals surface area contributed by atoms with Crippen molar-refractivity contribution in [2.45, 2.75) is 19.3 Å². The molecule has 0 aliphatic rings. The SMILES string of the molecule is C#CC(C)(C)c1ccc(Cl)c(Cl)c1. The van der Waals surface area contributed by atoms with E-state index in [0.717, 1.165) is 5.56 Å². The first-order valence-electron chi connectivity index (χ1n) is 3.90. The van der Waals surface area contributed by atoms with Crippen LogP contribution >= 0.6 is 23.2 Å². The second kappa shape index (κ2) is 3.62. The van der Waals surface area contributed by atoms with Crippen molar-refractivity contribution in [2.24, 2.45) is 0 Å². The van der Waals surface area contributed by atoms with Crippen LogP contribution in [0.1, 0.15) is 19.4 Å². The molecule has 0 amide bonds. The first-order chi connectivity index (χ1) is 5.97. The highest BCUT2D eigenvalue weighted by Gasteiger charge is 2.17. The van der Waals surface area contributed by atoms with Crippen LogP contribution in [0.15, 0.2) is 18.2 Å². The molecule has 0 saturated heterocycles. The van der Waals surface area contributed by atoms with Gasteiger partial charge < -0.3 is 0 Å². The molecular formula is C11H10Cl2. The first-order valence-corrected chi connectivity index (χ1v) is 4.66. The summed E-state index contributed by atoms with van der Waals surface area (Å²) in [5.41, 5.74) is 0.707. The zero-order valence-corrected chi connectivity index (χ0v) is 9.08. The Morgan fingerprint density at radius 3 is 2.31 bits per heavy atom. The van der Waals surface area contributed by atoms with E-state index in [0.29, 0.717) is 10.0 Å². The molecule has 0 bridgehead atoms. The number of hydrogen-bond acceptors (Lipinski definition) is 0. The third-order valence-electron chi connectivity index (χ3n) is 2.00. The molecular weight excluding hydrogens is 203 g/mol. The van der Waals surface area contributed by atoms with Crippen molar-refractivity contribution in [3.63, 3.8) is 0 Å². The Labute approximate surface area is 88.9 Å². The lowest BCUT2D eigenvalue weighted by Crippen LogP contribution is -2.13. The van der Waals surface area contributed by atoms with E-state index in [2.05, 4.69) is 5.92 Å². The normalized spacial score (nSPS) is 11.0. The predicted octanol–water partition coefficient (Wildman–Crippen LogP) is 3.90. The maximum Gasteiger partial charge on any atom is 0.0595 e. The number of benzene rings is 1. The van der Waals surface area contributed by atoms with E-state index in [9.17, 15) is 0 Å². The summed E-state index contributed by atoms with van der Waals surface area (Å²) in [7, 11) is 0. The predicted molar refractivity (Wildman–Crippen MR) is 58.3 cm³/mol. The molecule has 2 heteroatoms. The smallest absolute Gasteiger partial charge is 0.0595 e. The minimum Gasteiger partial charge on any atom is -0.119 e. The van der Waals surface area contributed by atoms with Crippen LogP contribution in [0.3, 0.4) is 0 Å². The fourth-order valence-corrected chi connectivity index (χ4v) is 1.27. The molecule has 13 heavy (non-hydrogen) atoms. The van der Waals surface area contributed by atoms with Crippen LogP contribution in [-0.2, 0) is 5.41 Å². The molecule has 0 fully saturated rings. The van der Waals surface area contributed by atoms with Crippen LogP contribution in [0.25, 0.3) is 0 Å². The highest BCUT2D eigenvalue weighted by molar-refractivity contribution is 6.42. The van der Waals surface area contributed by atoms with Crippen molar-refractivity contribution >= 4 is 23.2 Å². The fraction of sp³-hybridized carbons (Fsp3) is 0.273. The lowest BCUT2D eigenvalue weighted by Gasteiger charge is -2.18. The second-order valence-corrected chi connectivity index (χ2v) is 4.21. The van der Waals surface area contributed by atoms with Gasteiger partial charge in [0, 0.05) is 0 Å². The van der Waals surface area contributed by atoms with Gasteiger partial charge in [-0.1, -0.05) is 35.2 Å². The molecule has 0 atom stereocenters. The molecule has 1 aromatic carbocycles. The first kappa shape index (κ1) is 10.4. The zero-order valence-electron chi connectivity index (χ0n) is 7.57. The van der Waals surface area contributed by atoms with Crippen LogP contribution in [0.4, 0.5) is 0 Å². The van der Waals surface area contributed by atoms with Gasteiger partial charge in [0.2, 0.25) is 0 Å². The Bertz CT molecular complexity index is 359. The number of rotatable bonds is 1. The van der Waals surface area contributed by atoms with Crippen molar-refractivity contribution in [1.82, 2.24) is 0 Å². The highest BCUT2D eigenvalue weighted by atomic mass is 35.5. The summed E-state index contributed by atoms with van der Waals surface area (Å²) in [6, 6.07) is 5.47. The fourth-order valence-electron chi connectivity index (χ4n) is 0.968. The van der Waals surface area contributed by atoms with Gasteiger partial charge in [-0.05, 0) is 31.5 Å². The standard InChI is InChI=1S/C11H10Cl2/c1-4-11(2,3)8-5-6-9(12)10(13)7-8/h1,5-7H,2-3H3. The van der Waals surface area contributed by atoms with Crippen molar-refractivity contribution in [3.8, 4) is 12.3 Å². The van der Waals surface area contributed by atoms with E-state index in [-0.39, 0.29) is 5.41 Å². The summed E-state index contributed by atoms with van der Waals surface area (Å²) in [5.74, 6) is 2.70. The molecule has 0 aliphatic heterocycles. The minimum atomic E-state index is -0.297. The molecule has 0 N–H and O–H groups in total. The second-order valence-electron chi connectivity index (χ2n) is 3.40. The van der Waals surface area contributed by atoms with Crippen LogP contribution in [0.2, 0.25) is 10.0 Å². The molecule has 0 unspecified atom stereocenters. The molecule has 1 rings (SSSR count).